The van der Waals surface area contributed by atoms with Gasteiger partial charge in [0, 0.05) is 22.4 Å². The monoisotopic (exact) mass is 302 g/mol. The summed E-state index contributed by atoms with van der Waals surface area (Å²) in [5.74, 6) is 0.843. The molecular formula is C11H15BrN2OS. The Kier molecular flexibility index (Phi) is 4.37. The van der Waals surface area contributed by atoms with Crippen LogP contribution in [-0.4, -0.2) is 19.0 Å². The molecule has 1 aromatic rings. The lowest BCUT2D eigenvalue weighted by Crippen LogP contribution is -2.34. The minimum atomic E-state index is 0.0968. The first-order valence-electron chi connectivity index (χ1n) is 5.45. The first kappa shape index (κ1) is 12.1. The van der Waals surface area contributed by atoms with Crippen LogP contribution in [0.1, 0.15) is 17.7 Å². The van der Waals surface area contributed by atoms with Crippen molar-refractivity contribution in [1.82, 2.24) is 10.6 Å². The zero-order valence-electron chi connectivity index (χ0n) is 8.96. The summed E-state index contributed by atoms with van der Waals surface area (Å²) in [6.45, 7) is 2.00. The van der Waals surface area contributed by atoms with Gasteiger partial charge in [-0.05, 0) is 46.1 Å². The Hall–Kier alpha value is -0.390. The fourth-order valence-corrected chi connectivity index (χ4v) is 2.85. The fraction of sp³-hybridized carbons (Fsp3) is 0.545. The quantitative estimate of drug-likeness (QED) is 0.845. The molecule has 0 atom stereocenters. The average Bonchev–Trinajstić information content (AvgIpc) is 3.01. The van der Waals surface area contributed by atoms with E-state index in [0.717, 1.165) is 23.5 Å². The molecule has 0 aromatic carbocycles. The first-order valence-corrected chi connectivity index (χ1v) is 7.12. The minimum Gasteiger partial charge on any atom is -0.355 e. The van der Waals surface area contributed by atoms with E-state index in [1.54, 1.807) is 11.3 Å². The van der Waals surface area contributed by atoms with Gasteiger partial charge in [0.25, 0.3) is 0 Å². The van der Waals surface area contributed by atoms with E-state index in [1.165, 1.54) is 17.7 Å². The molecule has 1 amide bonds. The molecule has 0 aliphatic heterocycles. The maximum Gasteiger partial charge on any atom is 0.233 e. The van der Waals surface area contributed by atoms with Crippen molar-refractivity contribution in [2.75, 3.05) is 13.1 Å². The van der Waals surface area contributed by atoms with E-state index >= 15 is 0 Å². The van der Waals surface area contributed by atoms with Gasteiger partial charge in [0.05, 0.1) is 6.54 Å². The lowest BCUT2D eigenvalue weighted by Gasteiger charge is -2.05. The molecule has 1 aliphatic rings. The molecule has 0 unspecified atom stereocenters. The third kappa shape index (κ3) is 3.88. The highest BCUT2D eigenvalue weighted by atomic mass is 79.9. The number of carbonyl (C=O) groups excluding carboxylic acids is 1. The van der Waals surface area contributed by atoms with Crippen LogP contribution in [0.4, 0.5) is 0 Å². The van der Waals surface area contributed by atoms with Gasteiger partial charge in [0.15, 0.2) is 0 Å². The number of halogens is 1. The van der Waals surface area contributed by atoms with E-state index < -0.39 is 0 Å². The Morgan fingerprint density at radius 1 is 1.56 bits per heavy atom. The number of rotatable bonds is 6. The van der Waals surface area contributed by atoms with Gasteiger partial charge in [-0.25, -0.2) is 0 Å². The summed E-state index contributed by atoms with van der Waals surface area (Å²) in [6.07, 6.45) is 2.55. The Labute approximate surface area is 108 Å². The van der Waals surface area contributed by atoms with Crippen LogP contribution >= 0.6 is 27.3 Å². The number of thiophene rings is 1. The number of hydrogen-bond acceptors (Lipinski definition) is 3. The molecule has 5 heteroatoms. The summed E-state index contributed by atoms with van der Waals surface area (Å²) in [5.41, 5.74) is 0. The Balaban J connectivity index is 1.59. The van der Waals surface area contributed by atoms with Crippen molar-refractivity contribution in [3.05, 3.63) is 20.8 Å². The molecule has 88 valence electrons. The van der Waals surface area contributed by atoms with E-state index in [-0.39, 0.29) is 5.91 Å². The molecule has 1 aliphatic carbocycles. The van der Waals surface area contributed by atoms with Crippen LogP contribution < -0.4 is 10.6 Å². The van der Waals surface area contributed by atoms with Crippen molar-refractivity contribution in [1.29, 1.82) is 0 Å². The lowest BCUT2D eigenvalue weighted by atomic mass is 10.4. The highest BCUT2D eigenvalue weighted by Crippen LogP contribution is 2.27. The summed E-state index contributed by atoms with van der Waals surface area (Å²) >= 11 is 5.15. The van der Waals surface area contributed by atoms with Gasteiger partial charge in [-0.2, -0.15) is 0 Å². The summed E-state index contributed by atoms with van der Waals surface area (Å²) in [7, 11) is 0. The smallest absolute Gasteiger partial charge is 0.233 e. The van der Waals surface area contributed by atoms with Crippen molar-refractivity contribution in [3.8, 4) is 0 Å². The molecular weight excluding hydrogens is 288 g/mol. The van der Waals surface area contributed by atoms with Crippen LogP contribution in [0.5, 0.6) is 0 Å². The average molecular weight is 303 g/mol. The maximum atomic E-state index is 11.4. The van der Waals surface area contributed by atoms with Crippen molar-refractivity contribution >= 4 is 33.2 Å². The Morgan fingerprint density at radius 3 is 3.00 bits per heavy atom. The van der Waals surface area contributed by atoms with Crippen LogP contribution in [0.3, 0.4) is 0 Å². The third-order valence-electron chi connectivity index (χ3n) is 2.55. The molecule has 1 aromatic heterocycles. The number of carbonyl (C=O) groups is 1. The summed E-state index contributed by atoms with van der Waals surface area (Å²) in [6, 6.07) is 2.02. The molecule has 2 rings (SSSR count). The van der Waals surface area contributed by atoms with Gasteiger partial charge >= 0.3 is 0 Å². The van der Waals surface area contributed by atoms with Crippen LogP contribution in [0, 0.1) is 5.92 Å². The summed E-state index contributed by atoms with van der Waals surface area (Å²) < 4.78 is 1.11. The number of amides is 1. The molecule has 1 saturated carbocycles. The van der Waals surface area contributed by atoms with Gasteiger partial charge in [-0.3, -0.25) is 4.79 Å². The highest BCUT2D eigenvalue weighted by Gasteiger charge is 2.21. The van der Waals surface area contributed by atoms with Gasteiger partial charge < -0.3 is 10.6 Å². The Bertz CT molecular complexity index is 363. The van der Waals surface area contributed by atoms with E-state index in [0.29, 0.717) is 6.54 Å². The molecule has 0 bridgehead atoms. The van der Waals surface area contributed by atoms with Gasteiger partial charge in [-0.15, -0.1) is 11.3 Å². The SMILES string of the molecule is O=C(CNCc1sccc1Br)NCC1CC1. The van der Waals surface area contributed by atoms with E-state index in [1.807, 2.05) is 11.4 Å². The van der Waals surface area contributed by atoms with Crippen molar-refractivity contribution < 1.29 is 4.79 Å². The lowest BCUT2D eigenvalue weighted by molar-refractivity contribution is -0.120. The zero-order chi connectivity index (χ0) is 11.4. The van der Waals surface area contributed by atoms with Crippen LogP contribution in [0.15, 0.2) is 15.9 Å². The normalized spacial score (nSPS) is 15.1. The number of nitrogens with one attached hydrogen (secondary N) is 2. The van der Waals surface area contributed by atoms with Crippen molar-refractivity contribution in [2.24, 2.45) is 5.92 Å². The molecule has 0 radical (unpaired) electrons. The molecule has 1 fully saturated rings. The topological polar surface area (TPSA) is 41.1 Å². The molecule has 3 nitrogen and oxygen atoms in total. The van der Waals surface area contributed by atoms with Gasteiger partial charge in [-0.1, -0.05) is 0 Å². The predicted octanol–water partition coefficient (Wildman–Crippen LogP) is 2.13. The maximum absolute atomic E-state index is 11.4. The van der Waals surface area contributed by atoms with E-state index in [2.05, 4.69) is 26.6 Å². The molecule has 0 saturated heterocycles. The molecule has 0 spiro atoms. The number of hydrogen-bond donors (Lipinski definition) is 2. The van der Waals surface area contributed by atoms with Crippen LogP contribution in [0.2, 0.25) is 0 Å². The molecule has 2 N–H and O–H groups in total. The van der Waals surface area contributed by atoms with Crippen LogP contribution in [-0.2, 0) is 11.3 Å². The van der Waals surface area contributed by atoms with Gasteiger partial charge in [0.1, 0.15) is 0 Å². The standard InChI is InChI=1S/C11H15BrN2OS/c12-9-3-4-16-10(9)6-13-7-11(15)14-5-8-1-2-8/h3-4,8,13H,1-2,5-7H2,(H,14,15). The molecule has 16 heavy (non-hydrogen) atoms. The summed E-state index contributed by atoms with van der Waals surface area (Å²) in [5, 5.41) is 8.11. The highest BCUT2D eigenvalue weighted by molar-refractivity contribution is 9.10. The fourth-order valence-electron chi connectivity index (χ4n) is 1.38. The van der Waals surface area contributed by atoms with Crippen molar-refractivity contribution in [2.45, 2.75) is 19.4 Å². The Morgan fingerprint density at radius 2 is 2.38 bits per heavy atom. The first-order chi connectivity index (χ1) is 7.75. The second kappa shape index (κ2) is 5.80. The van der Waals surface area contributed by atoms with Crippen molar-refractivity contribution in [3.63, 3.8) is 0 Å². The predicted molar refractivity (Wildman–Crippen MR) is 69.5 cm³/mol. The molecule has 1 heterocycles. The minimum absolute atomic E-state index is 0.0968. The van der Waals surface area contributed by atoms with E-state index in [4.69, 9.17) is 0 Å². The zero-order valence-corrected chi connectivity index (χ0v) is 11.4. The third-order valence-corrected chi connectivity index (χ3v) is 4.47. The van der Waals surface area contributed by atoms with Crippen LogP contribution in [0.25, 0.3) is 0 Å². The second-order valence-electron chi connectivity index (χ2n) is 4.04. The summed E-state index contributed by atoms with van der Waals surface area (Å²) in [4.78, 5) is 12.6. The second-order valence-corrected chi connectivity index (χ2v) is 5.90. The van der Waals surface area contributed by atoms with E-state index in [9.17, 15) is 4.79 Å². The largest absolute Gasteiger partial charge is 0.355 e. The van der Waals surface area contributed by atoms with Gasteiger partial charge in [0.2, 0.25) is 5.91 Å².